The van der Waals surface area contributed by atoms with Crippen LogP contribution in [-0.4, -0.2) is 40.1 Å². The summed E-state index contributed by atoms with van der Waals surface area (Å²) < 4.78 is 0. The van der Waals surface area contributed by atoms with Gasteiger partial charge in [-0.2, -0.15) is 0 Å². The first-order valence-electron chi connectivity index (χ1n) is 5.67. The molecule has 92 valence electrons. The van der Waals surface area contributed by atoms with Crippen molar-refractivity contribution in [2.45, 2.75) is 19.4 Å². The average Bonchev–Trinajstić information content (AvgIpc) is 2.70. The third kappa shape index (κ3) is 2.42. The van der Waals surface area contributed by atoms with Gasteiger partial charge >= 0.3 is 0 Å². The van der Waals surface area contributed by atoms with E-state index in [4.69, 9.17) is 11.6 Å². The monoisotopic (exact) mass is 254 g/mol. The van der Waals surface area contributed by atoms with Gasteiger partial charge in [0.05, 0.1) is 18.2 Å². The lowest BCUT2D eigenvalue weighted by molar-refractivity contribution is 0.0648. The van der Waals surface area contributed by atoms with Gasteiger partial charge in [-0.25, -0.2) is 4.98 Å². The second-order valence-electron chi connectivity index (χ2n) is 4.38. The maximum atomic E-state index is 12.2. The average molecular weight is 255 g/mol. The number of likely N-dealkylation sites (tertiary alicyclic amines) is 1. The van der Waals surface area contributed by atoms with Crippen LogP contribution in [0.5, 0.6) is 0 Å². The summed E-state index contributed by atoms with van der Waals surface area (Å²) in [5.41, 5.74) is 0.516. The molecule has 1 fully saturated rings. The van der Waals surface area contributed by atoms with Crippen molar-refractivity contribution in [2.75, 3.05) is 13.2 Å². The summed E-state index contributed by atoms with van der Waals surface area (Å²) in [6, 6.07) is 3.18. The first-order valence-corrected chi connectivity index (χ1v) is 6.04. The summed E-state index contributed by atoms with van der Waals surface area (Å²) in [5.74, 6) is 0.252. The fourth-order valence-corrected chi connectivity index (χ4v) is 2.32. The minimum atomic E-state index is -0.0856. The van der Waals surface area contributed by atoms with Gasteiger partial charge in [-0.15, -0.1) is 0 Å². The molecule has 4 nitrogen and oxygen atoms in total. The quantitative estimate of drug-likeness (QED) is 0.816. The highest BCUT2D eigenvalue weighted by atomic mass is 35.5. The second kappa shape index (κ2) is 5.02. The van der Waals surface area contributed by atoms with Crippen LogP contribution < -0.4 is 0 Å². The Balaban J connectivity index is 2.17. The zero-order chi connectivity index (χ0) is 12.4. The Morgan fingerprint density at radius 3 is 3.00 bits per heavy atom. The van der Waals surface area contributed by atoms with Crippen LogP contribution in [-0.2, 0) is 0 Å². The summed E-state index contributed by atoms with van der Waals surface area (Å²) in [5, 5.41) is 9.69. The molecule has 0 saturated carbocycles. The van der Waals surface area contributed by atoms with Gasteiger partial charge in [0.1, 0.15) is 5.15 Å². The number of aliphatic hydroxyl groups excluding tert-OH is 1. The van der Waals surface area contributed by atoms with Crippen molar-refractivity contribution in [2.24, 2.45) is 5.92 Å². The minimum Gasteiger partial charge on any atom is -0.394 e. The van der Waals surface area contributed by atoms with Crippen molar-refractivity contribution < 1.29 is 9.90 Å². The Morgan fingerprint density at radius 1 is 1.65 bits per heavy atom. The molecule has 2 rings (SSSR count). The van der Waals surface area contributed by atoms with Crippen molar-refractivity contribution >= 4 is 17.5 Å². The predicted octanol–water partition coefficient (Wildman–Crippen LogP) is 1.58. The standard InChI is InChI=1S/C12H15ClN2O2/c1-8-4-5-15(10(8)7-16)12(17)9-2-3-11(13)14-6-9/h2-3,6,8,10,16H,4-5,7H2,1H3. The molecule has 2 heterocycles. The van der Waals surface area contributed by atoms with Crippen molar-refractivity contribution in [3.05, 3.63) is 29.0 Å². The number of rotatable bonds is 2. The van der Waals surface area contributed by atoms with E-state index in [1.807, 2.05) is 6.92 Å². The van der Waals surface area contributed by atoms with Gasteiger partial charge in [-0.1, -0.05) is 18.5 Å². The maximum absolute atomic E-state index is 12.2. The van der Waals surface area contributed by atoms with E-state index >= 15 is 0 Å². The third-order valence-electron chi connectivity index (χ3n) is 3.30. The Kier molecular flexibility index (Phi) is 3.64. The van der Waals surface area contributed by atoms with E-state index in [0.717, 1.165) is 6.42 Å². The molecule has 2 unspecified atom stereocenters. The number of hydrogen-bond acceptors (Lipinski definition) is 3. The lowest BCUT2D eigenvalue weighted by Crippen LogP contribution is -2.39. The molecule has 0 spiro atoms. The van der Waals surface area contributed by atoms with Crippen LogP contribution in [0, 0.1) is 5.92 Å². The third-order valence-corrected chi connectivity index (χ3v) is 3.53. The number of aliphatic hydroxyl groups is 1. The van der Waals surface area contributed by atoms with Gasteiger partial charge in [0.25, 0.3) is 5.91 Å². The van der Waals surface area contributed by atoms with Gasteiger partial charge < -0.3 is 10.0 Å². The normalized spacial score (nSPS) is 24.1. The molecule has 1 aromatic rings. The van der Waals surface area contributed by atoms with E-state index in [1.54, 1.807) is 17.0 Å². The molecule has 1 aliphatic heterocycles. The van der Waals surface area contributed by atoms with Crippen molar-refractivity contribution in [3.63, 3.8) is 0 Å². The Morgan fingerprint density at radius 2 is 2.41 bits per heavy atom. The molecule has 2 atom stereocenters. The van der Waals surface area contributed by atoms with E-state index in [0.29, 0.717) is 23.2 Å². The molecule has 1 saturated heterocycles. The molecule has 17 heavy (non-hydrogen) atoms. The Labute approximate surface area is 105 Å². The topological polar surface area (TPSA) is 53.4 Å². The molecular formula is C12H15ClN2O2. The van der Waals surface area contributed by atoms with Crippen LogP contribution in [0.2, 0.25) is 5.15 Å². The highest BCUT2D eigenvalue weighted by Gasteiger charge is 2.34. The van der Waals surface area contributed by atoms with Gasteiger partial charge in [0.2, 0.25) is 0 Å². The van der Waals surface area contributed by atoms with Crippen LogP contribution in [0.3, 0.4) is 0 Å². The van der Waals surface area contributed by atoms with Crippen LogP contribution in [0.25, 0.3) is 0 Å². The molecule has 1 aliphatic rings. The van der Waals surface area contributed by atoms with E-state index in [9.17, 15) is 9.90 Å². The molecule has 1 aromatic heterocycles. The van der Waals surface area contributed by atoms with Crippen LogP contribution in [0.1, 0.15) is 23.7 Å². The highest BCUT2D eigenvalue weighted by Crippen LogP contribution is 2.25. The van der Waals surface area contributed by atoms with E-state index in [1.165, 1.54) is 6.20 Å². The van der Waals surface area contributed by atoms with Gasteiger partial charge in [-0.3, -0.25) is 4.79 Å². The summed E-state index contributed by atoms with van der Waals surface area (Å²) in [4.78, 5) is 17.8. The smallest absolute Gasteiger partial charge is 0.255 e. The van der Waals surface area contributed by atoms with Crippen molar-refractivity contribution in [1.29, 1.82) is 0 Å². The fourth-order valence-electron chi connectivity index (χ4n) is 2.21. The predicted molar refractivity (Wildman–Crippen MR) is 64.9 cm³/mol. The highest BCUT2D eigenvalue weighted by molar-refractivity contribution is 6.29. The number of pyridine rings is 1. The summed E-state index contributed by atoms with van der Waals surface area (Å²) in [6.07, 6.45) is 2.40. The molecule has 0 aliphatic carbocycles. The number of carbonyl (C=O) groups is 1. The van der Waals surface area contributed by atoms with Crippen LogP contribution in [0.15, 0.2) is 18.3 Å². The number of nitrogens with zero attached hydrogens (tertiary/aromatic N) is 2. The van der Waals surface area contributed by atoms with E-state index in [-0.39, 0.29) is 18.6 Å². The summed E-state index contributed by atoms with van der Waals surface area (Å²) in [7, 11) is 0. The molecule has 5 heteroatoms. The first-order chi connectivity index (χ1) is 8.13. The first kappa shape index (κ1) is 12.3. The molecule has 1 N–H and O–H groups in total. The zero-order valence-corrected chi connectivity index (χ0v) is 10.4. The second-order valence-corrected chi connectivity index (χ2v) is 4.77. The maximum Gasteiger partial charge on any atom is 0.255 e. The van der Waals surface area contributed by atoms with Gasteiger partial charge in [-0.05, 0) is 24.5 Å². The van der Waals surface area contributed by atoms with Gasteiger partial charge in [0.15, 0.2) is 0 Å². The number of hydrogen-bond donors (Lipinski definition) is 1. The number of halogens is 1. The van der Waals surface area contributed by atoms with Crippen LogP contribution in [0.4, 0.5) is 0 Å². The van der Waals surface area contributed by atoms with Gasteiger partial charge in [0, 0.05) is 12.7 Å². The minimum absolute atomic E-state index is 0.00786. The van der Waals surface area contributed by atoms with Crippen molar-refractivity contribution in [1.82, 2.24) is 9.88 Å². The largest absolute Gasteiger partial charge is 0.394 e. The Hall–Kier alpha value is -1.13. The number of aromatic nitrogens is 1. The SMILES string of the molecule is CC1CCN(C(=O)c2ccc(Cl)nc2)C1CO. The Bertz CT molecular complexity index is 407. The fraction of sp³-hybridized carbons (Fsp3) is 0.500. The number of amides is 1. The van der Waals surface area contributed by atoms with Crippen LogP contribution >= 0.6 is 11.6 Å². The zero-order valence-electron chi connectivity index (χ0n) is 9.64. The molecule has 0 radical (unpaired) electrons. The molecular weight excluding hydrogens is 240 g/mol. The van der Waals surface area contributed by atoms with E-state index < -0.39 is 0 Å². The molecule has 0 bridgehead atoms. The summed E-state index contributed by atoms with van der Waals surface area (Å²) in [6.45, 7) is 2.75. The lowest BCUT2D eigenvalue weighted by Gasteiger charge is -2.25. The van der Waals surface area contributed by atoms with Crippen molar-refractivity contribution in [3.8, 4) is 0 Å². The number of carbonyl (C=O) groups excluding carboxylic acids is 1. The molecule has 1 amide bonds. The molecule has 0 aromatic carbocycles. The van der Waals surface area contributed by atoms with E-state index in [2.05, 4.69) is 4.98 Å². The lowest BCUT2D eigenvalue weighted by atomic mass is 10.0. The summed E-state index contributed by atoms with van der Waals surface area (Å²) >= 11 is 5.68.